The number of piperidine rings is 1. The van der Waals surface area contributed by atoms with E-state index in [4.69, 9.17) is 11.6 Å². The summed E-state index contributed by atoms with van der Waals surface area (Å²) in [6.07, 6.45) is 4.77. The van der Waals surface area contributed by atoms with E-state index in [9.17, 15) is 14.0 Å². The van der Waals surface area contributed by atoms with Gasteiger partial charge in [0, 0.05) is 29.4 Å². The van der Waals surface area contributed by atoms with Crippen molar-refractivity contribution >= 4 is 41.0 Å². The summed E-state index contributed by atoms with van der Waals surface area (Å²) >= 11 is 5.95. The van der Waals surface area contributed by atoms with Gasteiger partial charge in [0.1, 0.15) is 11.5 Å². The van der Waals surface area contributed by atoms with Crippen LogP contribution in [0.2, 0.25) is 5.02 Å². The first-order valence-electron chi connectivity index (χ1n) is 9.20. The molecule has 0 aromatic heterocycles. The smallest absolute Gasteiger partial charge is 0.333 e. The van der Waals surface area contributed by atoms with Gasteiger partial charge in [-0.05, 0) is 61.7 Å². The maximum atomic E-state index is 14.6. The molecule has 2 aromatic rings. The third-order valence-electron chi connectivity index (χ3n) is 4.95. The number of carbonyl (C=O) groups is 2. The van der Waals surface area contributed by atoms with E-state index in [-0.39, 0.29) is 11.3 Å². The van der Waals surface area contributed by atoms with E-state index >= 15 is 0 Å². The quantitative estimate of drug-likeness (QED) is 0.607. The van der Waals surface area contributed by atoms with Crippen LogP contribution in [0.25, 0.3) is 6.08 Å². The average molecular weight is 400 g/mol. The summed E-state index contributed by atoms with van der Waals surface area (Å²) in [5, 5.41) is 2.92. The Hall–Kier alpha value is -2.86. The van der Waals surface area contributed by atoms with Crippen LogP contribution in [0.1, 0.15) is 24.8 Å². The fourth-order valence-electron chi connectivity index (χ4n) is 3.52. The Balaban J connectivity index is 1.59. The molecule has 2 fully saturated rings. The van der Waals surface area contributed by atoms with Gasteiger partial charge in [0.05, 0.1) is 5.69 Å². The summed E-state index contributed by atoms with van der Waals surface area (Å²) in [6, 6.07) is 10.8. The van der Waals surface area contributed by atoms with Crippen molar-refractivity contribution in [3.63, 3.8) is 0 Å². The lowest BCUT2D eigenvalue weighted by Crippen LogP contribution is -2.30. The number of hydrogen-bond acceptors (Lipinski definition) is 3. The maximum absolute atomic E-state index is 14.6. The van der Waals surface area contributed by atoms with E-state index in [2.05, 4.69) is 10.2 Å². The number of benzene rings is 2. The minimum absolute atomic E-state index is 0.0228. The van der Waals surface area contributed by atoms with Gasteiger partial charge in [0.25, 0.3) is 5.91 Å². The molecule has 0 spiro atoms. The van der Waals surface area contributed by atoms with E-state index < -0.39 is 17.8 Å². The first-order chi connectivity index (χ1) is 13.5. The topological polar surface area (TPSA) is 52.7 Å². The van der Waals surface area contributed by atoms with Crippen LogP contribution in [-0.4, -0.2) is 25.0 Å². The molecule has 0 unspecified atom stereocenters. The normalized spacial score (nSPS) is 18.7. The van der Waals surface area contributed by atoms with E-state index in [0.717, 1.165) is 36.5 Å². The summed E-state index contributed by atoms with van der Waals surface area (Å²) in [7, 11) is 0. The summed E-state index contributed by atoms with van der Waals surface area (Å²) < 4.78 is 14.6. The van der Waals surface area contributed by atoms with Crippen LogP contribution in [0.4, 0.5) is 20.6 Å². The van der Waals surface area contributed by atoms with Gasteiger partial charge >= 0.3 is 6.03 Å². The Kier molecular flexibility index (Phi) is 5.05. The van der Waals surface area contributed by atoms with Crippen LogP contribution >= 0.6 is 11.6 Å². The molecule has 0 radical (unpaired) electrons. The zero-order valence-electron chi connectivity index (χ0n) is 15.1. The van der Waals surface area contributed by atoms with Crippen LogP contribution in [0, 0.1) is 5.82 Å². The highest BCUT2D eigenvalue weighted by molar-refractivity contribution is 6.32. The number of imide groups is 1. The van der Waals surface area contributed by atoms with E-state index in [0.29, 0.717) is 10.7 Å². The molecule has 7 heteroatoms. The number of rotatable bonds is 3. The molecular formula is C21H19ClFN3O2. The molecule has 4 rings (SSSR count). The van der Waals surface area contributed by atoms with E-state index in [1.807, 2.05) is 6.07 Å². The Bertz CT molecular complexity index is 970. The van der Waals surface area contributed by atoms with Crippen molar-refractivity contribution in [2.45, 2.75) is 19.3 Å². The second kappa shape index (κ2) is 7.64. The molecule has 144 valence electrons. The van der Waals surface area contributed by atoms with Crippen LogP contribution in [0.3, 0.4) is 0 Å². The molecule has 2 saturated heterocycles. The van der Waals surface area contributed by atoms with Crippen molar-refractivity contribution in [3.8, 4) is 0 Å². The van der Waals surface area contributed by atoms with Gasteiger partial charge in [-0.2, -0.15) is 0 Å². The number of halogens is 2. The van der Waals surface area contributed by atoms with Crippen LogP contribution < -0.4 is 15.1 Å². The SMILES string of the molecule is O=C1N/C(=C/c2ccc(N3CCCCC3)cc2F)C(=O)N1c1cccc(Cl)c1. The van der Waals surface area contributed by atoms with Crippen LogP contribution in [0.5, 0.6) is 0 Å². The van der Waals surface area contributed by atoms with Crippen molar-refractivity contribution < 1.29 is 14.0 Å². The molecule has 1 N–H and O–H groups in total. The minimum Gasteiger partial charge on any atom is -0.371 e. The monoisotopic (exact) mass is 399 g/mol. The molecule has 28 heavy (non-hydrogen) atoms. The van der Waals surface area contributed by atoms with E-state index in [1.165, 1.54) is 24.6 Å². The molecule has 2 aliphatic rings. The molecule has 2 aromatic carbocycles. The minimum atomic E-state index is -0.594. The Morgan fingerprint density at radius 3 is 2.50 bits per heavy atom. The highest BCUT2D eigenvalue weighted by Gasteiger charge is 2.35. The number of nitrogens with zero attached hydrogens (tertiary/aromatic N) is 2. The largest absolute Gasteiger partial charge is 0.371 e. The first kappa shape index (κ1) is 18.5. The van der Waals surface area contributed by atoms with Gasteiger partial charge in [0.15, 0.2) is 0 Å². The van der Waals surface area contributed by atoms with Gasteiger partial charge < -0.3 is 10.2 Å². The van der Waals surface area contributed by atoms with Crippen molar-refractivity contribution in [1.82, 2.24) is 5.32 Å². The lowest BCUT2D eigenvalue weighted by molar-refractivity contribution is -0.113. The van der Waals surface area contributed by atoms with Gasteiger partial charge in [-0.25, -0.2) is 14.1 Å². The van der Waals surface area contributed by atoms with Crippen LogP contribution in [-0.2, 0) is 4.79 Å². The molecule has 0 aliphatic carbocycles. The second-order valence-electron chi connectivity index (χ2n) is 6.86. The van der Waals surface area contributed by atoms with Crippen molar-refractivity contribution in [2.24, 2.45) is 0 Å². The molecule has 3 amide bonds. The van der Waals surface area contributed by atoms with Crippen molar-refractivity contribution in [2.75, 3.05) is 22.9 Å². The number of anilines is 2. The molecule has 5 nitrogen and oxygen atoms in total. The zero-order chi connectivity index (χ0) is 19.7. The van der Waals surface area contributed by atoms with Gasteiger partial charge in [-0.1, -0.05) is 17.7 Å². The zero-order valence-corrected chi connectivity index (χ0v) is 15.9. The Labute approximate surface area is 167 Å². The maximum Gasteiger partial charge on any atom is 0.333 e. The van der Waals surface area contributed by atoms with Crippen molar-refractivity contribution in [1.29, 1.82) is 0 Å². The number of nitrogens with one attached hydrogen (secondary N) is 1. The lowest BCUT2D eigenvalue weighted by atomic mass is 10.1. The fraction of sp³-hybridized carbons (Fsp3) is 0.238. The average Bonchev–Trinajstić information content (AvgIpc) is 2.97. The number of carbonyl (C=O) groups excluding carboxylic acids is 2. The summed E-state index contributed by atoms with van der Waals surface area (Å²) in [4.78, 5) is 28.1. The highest BCUT2D eigenvalue weighted by atomic mass is 35.5. The summed E-state index contributed by atoms with van der Waals surface area (Å²) in [5.41, 5.74) is 1.47. The predicted molar refractivity (Wildman–Crippen MR) is 108 cm³/mol. The molecule has 0 bridgehead atoms. The second-order valence-corrected chi connectivity index (χ2v) is 7.30. The number of urea groups is 1. The lowest BCUT2D eigenvalue weighted by Gasteiger charge is -2.28. The van der Waals surface area contributed by atoms with Gasteiger partial charge in [-0.3, -0.25) is 4.79 Å². The fourth-order valence-corrected chi connectivity index (χ4v) is 3.71. The highest BCUT2D eigenvalue weighted by Crippen LogP contribution is 2.27. The predicted octanol–water partition coefficient (Wildman–Crippen LogP) is 4.57. The standard InChI is InChI=1S/C21H19ClFN3O2/c22-15-5-4-6-17(12-15)26-20(27)19(24-21(26)28)11-14-7-8-16(13-18(14)23)25-9-2-1-3-10-25/h4-8,11-13H,1-3,9-10H2,(H,24,28)/b19-11+. The molecule has 2 heterocycles. The van der Waals surface area contributed by atoms with Gasteiger partial charge in [-0.15, -0.1) is 0 Å². The summed E-state index contributed by atoms with van der Waals surface area (Å²) in [6.45, 7) is 1.84. The molecule has 0 atom stereocenters. The number of amides is 3. The molecule has 2 aliphatic heterocycles. The van der Waals surface area contributed by atoms with Crippen molar-refractivity contribution in [3.05, 3.63) is 64.6 Å². The van der Waals surface area contributed by atoms with Crippen LogP contribution in [0.15, 0.2) is 48.2 Å². The molecular weight excluding hydrogens is 381 g/mol. The molecule has 0 saturated carbocycles. The summed E-state index contributed by atoms with van der Waals surface area (Å²) in [5.74, 6) is -0.981. The van der Waals surface area contributed by atoms with Gasteiger partial charge in [0.2, 0.25) is 0 Å². The third-order valence-corrected chi connectivity index (χ3v) is 5.18. The van der Waals surface area contributed by atoms with E-state index in [1.54, 1.807) is 24.3 Å². The Morgan fingerprint density at radius 1 is 1.00 bits per heavy atom. The third kappa shape index (κ3) is 3.60. The Morgan fingerprint density at radius 2 is 1.79 bits per heavy atom. The first-order valence-corrected chi connectivity index (χ1v) is 9.58. The number of hydrogen-bond donors (Lipinski definition) is 1.